The van der Waals surface area contributed by atoms with Gasteiger partial charge >= 0.3 is 0 Å². The number of carbonyl (C=O) groups excluding carboxylic acids is 1. The Hall–Kier alpha value is -1.90. The molecular weight excluding hydrogens is 256 g/mol. The SMILES string of the molecule is CC(O)C1CCN(C(=O)c2ccc(C#CCO)cn2)C1. The Bertz CT molecular complexity index is 528. The summed E-state index contributed by atoms with van der Waals surface area (Å²) in [4.78, 5) is 18.1. The van der Waals surface area contributed by atoms with Gasteiger partial charge in [0.15, 0.2) is 0 Å². The molecule has 0 radical (unpaired) electrons. The fraction of sp³-hybridized carbons (Fsp3) is 0.467. The van der Waals surface area contributed by atoms with E-state index in [1.54, 1.807) is 24.0 Å². The summed E-state index contributed by atoms with van der Waals surface area (Å²) in [5.41, 5.74) is 1.05. The van der Waals surface area contributed by atoms with E-state index in [1.165, 1.54) is 6.20 Å². The molecular formula is C15H18N2O3. The van der Waals surface area contributed by atoms with Crippen molar-refractivity contribution in [1.29, 1.82) is 0 Å². The summed E-state index contributed by atoms with van der Waals surface area (Å²) in [6, 6.07) is 3.35. The summed E-state index contributed by atoms with van der Waals surface area (Å²) in [6.45, 7) is 2.78. The van der Waals surface area contributed by atoms with E-state index in [0.717, 1.165) is 6.42 Å². The van der Waals surface area contributed by atoms with Crippen LogP contribution in [0.5, 0.6) is 0 Å². The number of amides is 1. The van der Waals surface area contributed by atoms with Gasteiger partial charge in [-0.3, -0.25) is 4.79 Å². The lowest BCUT2D eigenvalue weighted by Gasteiger charge is -2.17. The molecule has 2 N–H and O–H groups in total. The van der Waals surface area contributed by atoms with Gasteiger partial charge in [0.1, 0.15) is 12.3 Å². The molecule has 5 heteroatoms. The van der Waals surface area contributed by atoms with Crippen LogP contribution >= 0.6 is 0 Å². The molecule has 1 aliphatic heterocycles. The Balaban J connectivity index is 2.03. The summed E-state index contributed by atoms with van der Waals surface area (Å²) in [6.07, 6.45) is 1.96. The van der Waals surface area contributed by atoms with Crippen molar-refractivity contribution in [3.05, 3.63) is 29.6 Å². The molecule has 2 heterocycles. The molecule has 2 rings (SSSR count). The molecule has 20 heavy (non-hydrogen) atoms. The van der Waals surface area contributed by atoms with Crippen LogP contribution in [0.3, 0.4) is 0 Å². The number of pyridine rings is 1. The first-order valence-corrected chi connectivity index (χ1v) is 6.65. The predicted molar refractivity (Wildman–Crippen MR) is 73.9 cm³/mol. The van der Waals surface area contributed by atoms with E-state index in [-0.39, 0.29) is 18.4 Å². The van der Waals surface area contributed by atoms with Crippen molar-refractivity contribution < 1.29 is 15.0 Å². The molecule has 2 unspecified atom stereocenters. The third-order valence-electron chi connectivity index (χ3n) is 3.49. The Morgan fingerprint density at radius 2 is 2.40 bits per heavy atom. The zero-order valence-corrected chi connectivity index (χ0v) is 11.4. The van der Waals surface area contributed by atoms with Crippen LogP contribution in [-0.2, 0) is 0 Å². The average Bonchev–Trinajstić information content (AvgIpc) is 2.95. The van der Waals surface area contributed by atoms with Crippen molar-refractivity contribution in [2.75, 3.05) is 19.7 Å². The van der Waals surface area contributed by atoms with Crippen LogP contribution in [0, 0.1) is 17.8 Å². The maximum Gasteiger partial charge on any atom is 0.272 e. The fourth-order valence-corrected chi connectivity index (χ4v) is 2.26. The van der Waals surface area contributed by atoms with Gasteiger partial charge in [-0.15, -0.1) is 0 Å². The molecule has 1 aliphatic rings. The standard InChI is InChI=1S/C15H18N2O3/c1-11(19)13-6-7-17(10-13)15(20)14-5-4-12(9-16-14)3-2-8-18/h4-5,9,11,13,18-19H,6-8,10H2,1H3. The van der Waals surface area contributed by atoms with E-state index in [9.17, 15) is 9.90 Å². The summed E-state index contributed by atoms with van der Waals surface area (Å²) >= 11 is 0. The van der Waals surface area contributed by atoms with E-state index in [1.807, 2.05) is 0 Å². The first-order valence-electron chi connectivity index (χ1n) is 6.65. The van der Waals surface area contributed by atoms with Crippen LogP contribution in [0.15, 0.2) is 18.3 Å². The van der Waals surface area contributed by atoms with Crippen molar-refractivity contribution in [2.45, 2.75) is 19.4 Å². The van der Waals surface area contributed by atoms with E-state index < -0.39 is 6.10 Å². The van der Waals surface area contributed by atoms with E-state index >= 15 is 0 Å². The second kappa shape index (κ2) is 6.51. The van der Waals surface area contributed by atoms with Crippen LogP contribution < -0.4 is 0 Å². The van der Waals surface area contributed by atoms with Gasteiger partial charge in [0.05, 0.1) is 6.10 Å². The molecule has 1 amide bonds. The minimum absolute atomic E-state index is 0.116. The number of carbonyl (C=O) groups is 1. The average molecular weight is 274 g/mol. The topological polar surface area (TPSA) is 73.7 Å². The second-order valence-corrected chi connectivity index (χ2v) is 4.93. The zero-order chi connectivity index (χ0) is 14.5. The number of aliphatic hydroxyl groups is 2. The summed E-state index contributed by atoms with van der Waals surface area (Å²) in [5.74, 6) is 5.29. The largest absolute Gasteiger partial charge is 0.393 e. The van der Waals surface area contributed by atoms with Gasteiger partial charge in [0.2, 0.25) is 0 Å². The van der Waals surface area contributed by atoms with Crippen molar-refractivity contribution in [2.24, 2.45) is 5.92 Å². The molecule has 1 aromatic rings. The minimum Gasteiger partial charge on any atom is -0.393 e. The van der Waals surface area contributed by atoms with Gasteiger partial charge < -0.3 is 15.1 Å². The third-order valence-corrected chi connectivity index (χ3v) is 3.49. The Morgan fingerprint density at radius 1 is 1.60 bits per heavy atom. The number of hydrogen-bond donors (Lipinski definition) is 2. The molecule has 0 saturated carbocycles. The van der Waals surface area contributed by atoms with E-state index in [4.69, 9.17) is 5.11 Å². The number of likely N-dealkylation sites (tertiary alicyclic amines) is 1. The summed E-state index contributed by atoms with van der Waals surface area (Å²) in [7, 11) is 0. The summed E-state index contributed by atoms with van der Waals surface area (Å²) in [5, 5.41) is 18.2. The van der Waals surface area contributed by atoms with E-state index in [2.05, 4.69) is 16.8 Å². The molecule has 106 valence electrons. The molecule has 1 aromatic heterocycles. The Kier molecular flexibility index (Phi) is 4.72. The van der Waals surface area contributed by atoms with Gasteiger partial charge in [0, 0.05) is 30.8 Å². The van der Waals surface area contributed by atoms with Crippen LogP contribution in [0.2, 0.25) is 0 Å². The van der Waals surface area contributed by atoms with Gasteiger partial charge in [-0.2, -0.15) is 0 Å². The zero-order valence-electron chi connectivity index (χ0n) is 11.4. The number of rotatable bonds is 2. The number of aliphatic hydroxyl groups excluding tert-OH is 2. The van der Waals surface area contributed by atoms with Crippen molar-refractivity contribution in [1.82, 2.24) is 9.88 Å². The highest BCUT2D eigenvalue weighted by Crippen LogP contribution is 2.21. The molecule has 1 saturated heterocycles. The van der Waals surface area contributed by atoms with Crippen LogP contribution in [0.1, 0.15) is 29.4 Å². The number of nitrogens with zero attached hydrogens (tertiary/aromatic N) is 2. The van der Waals surface area contributed by atoms with Crippen LogP contribution in [0.4, 0.5) is 0 Å². The number of aromatic nitrogens is 1. The lowest BCUT2D eigenvalue weighted by atomic mass is 10.0. The van der Waals surface area contributed by atoms with Gasteiger partial charge in [-0.1, -0.05) is 11.8 Å². The molecule has 0 aliphatic carbocycles. The monoisotopic (exact) mass is 274 g/mol. The van der Waals surface area contributed by atoms with Crippen LogP contribution in [-0.4, -0.2) is 51.8 Å². The van der Waals surface area contributed by atoms with Crippen molar-refractivity contribution in [3.63, 3.8) is 0 Å². The molecule has 0 aromatic carbocycles. The maximum absolute atomic E-state index is 12.2. The van der Waals surface area contributed by atoms with Gasteiger partial charge in [0.25, 0.3) is 5.91 Å². The Morgan fingerprint density at radius 3 is 2.95 bits per heavy atom. The molecule has 5 nitrogen and oxygen atoms in total. The molecule has 0 bridgehead atoms. The first kappa shape index (κ1) is 14.5. The predicted octanol–water partition coefficient (Wildman–Crippen LogP) is 0.268. The maximum atomic E-state index is 12.2. The highest BCUT2D eigenvalue weighted by atomic mass is 16.3. The van der Waals surface area contributed by atoms with Crippen LogP contribution in [0.25, 0.3) is 0 Å². The molecule has 1 fully saturated rings. The third kappa shape index (κ3) is 3.35. The second-order valence-electron chi connectivity index (χ2n) is 4.93. The van der Waals surface area contributed by atoms with Crippen molar-refractivity contribution >= 4 is 5.91 Å². The smallest absolute Gasteiger partial charge is 0.272 e. The van der Waals surface area contributed by atoms with Gasteiger partial charge in [-0.25, -0.2) is 4.98 Å². The van der Waals surface area contributed by atoms with E-state index in [0.29, 0.717) is 24.3 Å². The lowest BCUT2D eigenvalue weighted by molar-refractivity contribution is 0.0757. The highest BCUT2D eigenvalue weighted by molar-refractivity contribution is 5.92. The number of hydrogen-bond acceptors (Lipinski definition) is 4. The lowest BCUT2D eigenvalue weighted by Crippen LogP contribution is -2.30. The highest BCUT2D eigenvalue weighted by Gasteiger charge is 2.29. The normalized spacial score (nSPS) is 19.4. The molecule has 0 spiro atoms. The summed E-state index contributed by atoms with van der Waals surface area (Å²) < 4.78 is 0. The fourth-order valence-electron chi connectivity index (χ4n) is 2.26. The Labute approximate surface area is 118 Å². The van der Waals surface area contributed by atoms with Gasteiger partial charge in [-0.05, 0) is 25.5 Å². The first-order chi connectivity index (χ1) is 9.61. The quantitative estimate of drug-likeness (QED) is 0.759. The van der Waals surface area contributed by atoms with Crippen molar-refractivity contribution in [3.8, 4) is 11.8 Å². The molecule has 2 atom stereocenters. The minimum atomic E-state index is -0.392.